The lowest BCUT2D eigenvalue weighted by Crippen LogP contribution is -2.19. The second-order valence-electron chi connectivity index (χ2n) is 5.21. The lowest BCUT2D eigenvalue weighted by atomic mass is 10.2. The first-order valence-corrected chi connectivity index (χ1v) is 7.10. The summed E-state index contributed by atoms with van der Waals surface area (Å²) in [4.78, 5) is 0. The zero-order valence-electron chi connectivity index (χ0n) is 12.4. The summed E-state index contributed by atoms with van der Waals surface area (Å²) < 4.78 is 13.0. The van der Waals surface area contributed by atoms with Crippen molar-refractivity contribution in [2.45, 2.75) is 40.5 Å². The summed E-state index contributed by atoms with van der Waals surface area (Å²) in [6.45, 7) is 9.50. The topological polar surface area (TPSA) is 52.2 Å². The van der Waals surface area contributed by atoms with E-state index in [2.05, 4.69) is 24.3 Å². The first-order chi connectivity index (χ1) is 9.69. The molecule has 0 aromatic carbocycles. The van der Waals surface area contributed by atoms with Crippen LogP contribution in [0.3, 0.4) is 0 Å². The van der Waals surface area contributed by atoms with Gasteiger partial charge in [0.15, 0.2) is 5.75 Å². The van der Waals surface area contributed by atoms with Crippen LogP contribution in [-0.4, -0.2) is 16.3 Å². The van der Waals surface area contributed by atoms with Crippen LogP contribution >= 0.6 is 0 Å². The second-order valence-corrected chi connectivity index (χ2v) is 5.21. The van der Waals surface area contributed by atoms with Crippen molar-refractivity contribution in [3.05, 3.63) is 36.0 Å². The number of ether oxygens (including phenoxy) is 1. The number of aromatic nitrogens is 2. The van der Waals surface area contributed by atoms with Crippen LogP contribution in [0.25, 0.3) is 0 Å². The van der Waals surface area contributed by atoms with Crippen LogP contribution in [0.2, 0.25) is 0 Å². The van der Waals surface area contributed by atoms with Crippen LogP contribution in [0, 0.1) is 5.92 Å². The fraction of sp³-hybridized carbons (Fsp3) is 0.533. The van der Waals surface area contributed by atoms with Gasteiger partial charge in [-0.15, -0.1) is 0 Å². The number of furan rings is 1. The van der Waals surface area contributed by atoms with Crippen molar-refractivity contribution in [1.82, 2.24) is 15.1 Å². The molecule has 5 nitrogen and oxygen atoms in total. The summed E-state index contributed by atoms with van der Waals surface area (Å²) >= 11 is 0. The predicted molar refractivity (Wildman–Crippen MR) is 77.5 cm³/mol. The van der Waals surface area contributed by atoms with Gasteiger partial charge in [0.05, 0.1) is 18.7 Å². The molecule has 0 spiro atoms. The van der Waals surface area contributed by atoms with Gasteiger partial charge < -0.3 is 14.5 Å². The maximum atomic E-state index is 5.70. The Balaban J connectivity index is 1.85. The van der Waals surface area contributed by atoms with Crippen molar-refractivity contribution >= 4 is 0 Å². The van der Waals surface area contributed by atoms with Gasteiger partial charge in [-0.05, 0) is 25.5 Å². The molecule has 0 saturated carbocycles. The van der Waals surface area contributed by atoms with Gasteiger partial charge in [-0.3, -0.25) is 4.68 Å². The Morgan fingerprint density at radius 3 is 3.00 bits per heavy atom. The standard InChI is InChI=1S/C15H23N3O2/c1-4-18-10-14(9-17-18)20-11-15-13(5-6-19-15)8-16-7-12(2)3/h5-6,9-10,12,16H,4,7-8,11H2,1-3H3. The van der Waals surface area contributed by atoms with E-state index < -0.39 is 0 Å². The average molecular weight is 277 g/mol. The zero-order valence-corrected chi connectivity index (χ0v) is 12.4. The Hall–Kier alpha value is -1.75. The SMILES string of the molecule is CCn1cc(OCc2occc2CNCC(C)C)cn1. The molecule has 2 aromatic heterocycles. The quantitative estimate of drug-likeness (QED) is 0.806. The average Bonchev–Trinajstić information content (AvgIpc) is 3.04. The van der Waals surface area contributed by atoms with E-state index in [1.165, 1.54) is 0 Å². The van der Waals surface area contributed by atoms with Crippen molar-refractivity contribution in [2.24, 2.45) is 5.92 Å². The third-order valence-corrected chi connectivity index (χ3v) is 3.01. The Labute approximate surface area is 119 Å². The van der Waals surface area contributed by atoms with E-state index in [0.29, 0.717) is 12.5 Å². The highest BCUT2D eigenvalue weighted by Crippen LogP contribution is 2.15. The molecule has 1 N–H and O–H groups in total. The van der Waals surface area contributed by atoms with Gasteiger partial charge in [0.2, 0.25) is 0 Å². The molecule has 0 radical (unpaired) electrons. The largest absolute Gasteiger partial charge is 0.482 e. The first-order valence-electron chi connectivity index (χ1n) is 7.10. The highest BCUT2D eigenvalue weighted by atomic mass is 16.5. The molecule has 0 amide bonds. The van der Waals surface area contributed by atoms with E-state index in [0.717, 1.165) is 36.7 Å². The number of hydrogen-bond donors (Lipinski definition) is 1. The number of aryl methyl sites for hydroxylation is 1. The van der Waals surface area contributed by atoms with E-state index in [-0.39, 0.29) is 0 Å². The fourth-order valence-electron chi connectivity index (χ4n) is 1.89. The number of hydrogen-bond acceptors (Lipinski definition) is 4. The lowest BCUT2D eigenvalue weighted by molar-refractivity contribution is 0.267. The molecule has 5 heteroatoms. The second kappa shape index (κ2) is 7.14. The van der Waals surface area contributed by atoms with Crippen molar-refractivity contribution < 1.29 is 9.15 Å². The lowest BCUT2D eigenvalue weighted by Gasteiger charge is -2.08. The molecule has 0 unspecified atom stereocenters. The minimum atomic E-state index is 0.432. The minimum Gasteiger partial charge on any atom is -0.482 e. The third kappa shape index (κ3) is 4.13. The fourth-order valence-corrected chi connectivity index (χ4v) is 1.89. The normalized spacial score (nSPS) is 11.2. The monoisotopic (exact) mass is 277 g/mol. The summed E-state index contributed by atoms with van der Waals surface area (Å²) in [7, 11) is 0. The molecule has 0 aliphatic heterocycles. The van der Waals surface area contributed by atoms with Gasteiger partial charge >= 0.3 is 0 Å². The Bertz CT molecular complexity index is 517. The van der Waals surface area contributed by atoms with Crippen LogP contribution < -0.4 is 10.1 Å². The molecular formula is C15H23N3O2. The summed E-state index contributed by atoms with van der Waals surface area (Å²) in [5, 5.41) is 7.58. The predicted octanol–water partition coefficient (Wildman–Crippen LogP) is 2.82. The van der Waals surface area contributed by atoms with E-state index in [9.17, 15) is 0 Å². The molecule has 110 valence electrons. The van der Waals surface area contributed by atoms with Crippen LogP contribution in [0.15, 0.2) is 29.1 Å². The van der Waals surface area contributed by atoms with Crippen molar-refractivity contribution in [3.63, 3.8) is 0 Å². The van der Waals surface area contributed by atoms with Crippen molar-refractivity contribution in [1.29, 1.82) is 0 Å². The highest BCUT2D eigenvalue weighted by Gasteiger charge is 2.08. The van der Waals surface area contributed by atoms with E-state index in [1.54, 1.807) is 12.5 Å². The molecule has 2 rings (SSSR count). The summed E-state index contributed by atoms with van der Waals surface area (Å²) in [5.41, 5.74) is 1.15. The van der Waals surface area contributed by atoms with E-state index in [4.69, 9.17) is 9.15 Å². The number of rotatable bonds is 8. The molecule has 2 heterocycles. The summed E-state index contributed by atoms with van der Waals surface area (Å²) in [6, 6.07) is 1.99. The van der Waals surface area contributed by atoms with E-state index in [1.807, 2.05) is 23.9 Å². The Morgan fingerprint density at radius 2 is 2.30 bits per heavy atom. The van der Waals surface area contributed by atoms with Crippen LogP contribution in [0.4, 0.5) is 0 Å². The van der Waals surface area contributed by atoms with Gasteiger partial charge in [-0.1, -0.05) is 13.8 Å². The molecule has 0 bridgehead atoms. The third-order valence-electron chi connectivity index (χ3n) is 3.01. The molecule has 0 aliphatic carbocycles. The van der Waals surface area contributed by atoms with Crippen LogP contribution in [-0.2, 0) is 19.7 Å². The van der Waals surface area contributed by atoms with Crippen LogP contribution in [0.5, 0.6) is 5.75 Å². The number of nitrogens with zero attached hydrogens (tertiary/aromatic N) is 2. The minimum absolute atomic E-state index is 0.432. The molecule has 20 heavy (non-hydrogen) atoms. The molecule has 0 saturated heterocycles. The Kier molecular flexibility index (Phi) is 5.24. The first kappa shape index (κ1) is 14.7. The summed E-state index contributed by atoms with van der Waals surface area (Å²) in [6.07, 6.45) is 5.32. The van der Waals surface area contributed by atoms with Gasteiger partial charge in [-0.25, -0.2) is 0 Å². The van der Waals surface area contributed by atoms with Crippen molar-refractivity contribution in [2.75, 3.05) is 6.54 Å². The van der Waals surface area contributed by atoms with Crippen molar-refractivity contribution in [3.8, 4) is 5.75 Å². The zero-order chi connectivity index (χ0) is 14.4. The number of nitrogens with one attached hydrogen (secondary N) is 1. The van der Waals surface area contributed by atoms with Gasteiger partial charge in [0, 0.05) is 18.7 Å². The maximum absolute atomic E-state index is 5.70. The summed E-state index contributed by atoms with van der Waals surface area (Å²) in [5.74, 6) is 2.27. The molecule has 0 fully saturated rings. The maximum Gasteiger partial charge on any atom is 0.157 e. The van der Waals surface area contributed by atoms with E-state index >= 15 is 0 Å². The van der Waals surface area contributed by atoms with Gasteiger partial charge in [-0.2, -0.15) is 5.10 Å². The molecule has 2 aromatic rings. The highest BCUT2D eigenvalue weighted by molar-refractivity contribution is 5.18. The Morgan fingerprint density at radius 1 is 1.45 bits per heavy atom. The van der Waals surface area contributed by atoms with Gasteiger partial charge in [0.1, 0.15) is 12.4 Å². The van der Waals surface area contributed by atoms with Crippen LogP contribution in [0.1, 0.15) is 32.1 Å². The molecule has 0 atom stereocenters. The smallest absolute Gasteiger partial charge is 0.157 e. The van der Waals surface area contributed by atoms with Gasteiger partial charge in [0.25, 0.3) is 0 Å². The molecular weight excluding hydrogens is 254 g/mol. The molecule has 0 aliphatic rings.